The van der Waals surface area contributed by atoms with Crippen molar-refractivity contribution in [1.29, 1.82) is 0 Å². The molecule has 0 saturated heterocycles. The van der Waals surface area contributed by atoms with E-state index >= 15 is 0 Å². The van der Waals surface area contributed by atoms with Crippen LogP contribution in [0.1, 0.15) is 0 Å². The van der Waals surface area contributed by atoms with E-state index < -0.39 is 4.92 Å². The molecule has 0 radical (unpaired) electrons. The predicted molar refractivity (Wildman–Crippen MR) is 56.9 cm³/mol. The van der Waals surface area contributed by atoms with Crippen LogP contribution in [0.4, 0.5) is 5.69 Å². The first-order valence-corrected chi connectivity index (χ1v) is 4.46. The van der Waals surface area contributed by atoms with E-state index in [-0.39, 0.29) is 11.2 Å². The summed E-state index contributed by atoms with van der Waals surface area (Å²) in [5.74, 6) is 0. The van der Waals surface area contributed by atoms with Gasteiger partial charge in [-0.25, -0.2) is 4.98 Å². The van der Waals surface area contributed by atoms with Gasteiger partial charge >= 0.3 is 0 Å². The Kier molecular flexibility index (Phi) is 2.47. The first-order valence-electron chi connectivity index (χ1n) is 4.46. The molecule has 0 aliphatic heterocycles. The lowest BCUT2D eigenvalue weighted by molar-refractivity contribution is -0.385. The van der Waals surface area contributed by atoms with Crippen LogP contribution in [-0.4, -0.2) is 14.9 Å². The molecular weight excluding hydrogens is 210 g/mol. The standard InChI is InChI=1S/C10H7N3O3/c14-10-5-7(3-4-11-10)9-2-1-8(6-12-9)13(15)16/h1-6H,(H,11,14). The molecule has 1 N–H and O–H groups in total. The quantitative estimate of drug-likeness (QED) is 0.607. The first-order chi connectivity index (χ1) is 7.66. The van der Waals surface area contributed by atoms with Crippen LogP contribution >= 0.6 is 0 Å². The highest BCUT2D eigenvalue weighted by atomic mass is 16.6. The van der Waals surface area contributed by atoms with Gasteiger partial charge in [0.15, 0.2) is 0 Å². The largest absolute Gasteiger partial charge is 0.329 e. The second-order valence-electron chi connectivity index (χ2n) is 3.10. The molecule has 2 aromatic heterocycles. The van der Waals surface area contributed by atoms with E-state index in [1.807, 2.05) is 0 Å². The molecule has 0 bridgehead atoms. The van der Waals surface area contributed by atoms with Gasteiger partial charge in [0.05, 0.1) is 10.6 Å². The smallest absolute Gasteiger partial charge is 0.287 e. The Bertz CT molecular complexity index is 574. The Balaban J connectivity index is 2.42. The number of nitrogens with zero attached hydrogens (tertiary/aromatic N) is 2. The maximum atomic E-state index is 11.0. The van der Waals surface area contributed by atoms with Crippen LogP contribution in [0.15, 0.2) is 41.5 Å². The molecule has 2 heterocycles. The van der Waals surface area contributed by atoms with Gasteiger partial charge in [0.1, 0.15) is 6.20 Å². The van der Waals surface area contributed by atoms with Crippen LogP contribution in [-0.2, 0) is 0 Å². The Morgan fingerprint density at radius 1 is 1.31 bits per heavy atom. The minimum absolute atomic E-state index is 0.0754. The van der Waals surface area contributed by atoms with Gasteiger partial charge < -0.3 is 4.98 Å². The Morgan fingerprint density at radius 2 is 2.12 bits per heavy atom. The lowest BCUT2D eigenvalue weighted by Gasteiger charge is -1.98. The van der Waals surface area contributed by atoms with Gasteiger partial charge in [-0.2, -0.15) is 0 Å². The summed E-state index contributed by atoms with van der Waals surface area (Å²) >= 11 is 0. The highest BCUT2D eigenvalue weighted by Gasteiger charge is 2.06. The molecule has 0 aliphatic carbocycles. The van der Waals surface area contributed by atoms with Crippen molar-refractivity contribution in [3.05, 3.63) is 57.1 Å². The Labute approximate surface area is 89.7 Å². The minimum Gasteiger partial charge on any atom is -0.329 e. The van der Waals surface area contributed by atoms with E-state index in [2.05, 4.69) is 9.97 Å². The van der Waals surface area contributed by atoms with Gasteiger partial charge in [-0.1, -0.05) is 0 Å². The number of aromatic amines is 1. The molecule has 0 amide bonds. The molecule has 16 heavy (non-hydrogen) atoms. The number of nitro groups is 1. The number of H-pyrrole nitrogens is 1. The van der Waals surface area contributed by atoms with Crippen LogP contribution in [0, 0.1) is 10.1 Å². The molecule has 6 heteroatoms. The molecule has 0 saturated carbocycles. The first kappa shape index (κ1) is 10.0. The number of hydrogen-bond donors (Lipinski definition) is 1. The highest BCUT2D eigenvalue weighted by molar-refractivity contribution is 5.58. The molecule has 2 aromatic rings. The van der Waals surface area contributed by atoms with Crippen molar-refractivity contribution >= 4 is 5.69 Å². The fraction of sp³-hybridized carbons (Fsp3) is 0. The van der Waals surface area contributed by atoms with Crippen molar-refractivity contribution in [2.24, 2.45) is 0 Å². The molecule has 6 nitrogen and oxygen atoms in total. The third kappa shape index (κ3) is 1.95. The third-order valence-electron chi connectivity index (χ3n) is 2.03. The van der Waals surface area contributed by atoms with E-state index in [1.54, 1.807) is 6.07 Å². The molecule has 0 fully saturated rings. The van der Waals surface area contributed by atoms with Crippen molar-refractivity contribution in [1.82, 2.24) is 9.97 Å². The zero-order valence-corrected chi connectivity index (χ0v) is 8.08. The number of hydrogen-bond acceptors (Lipinski definition) is 4. The third-order valence-corrected chi connectivity index (χ3v) is 2.03. The van der Waals surface area contributed by atoms with E-state index in [4.69, 9.17) is 0 Å². The fourth-order valence-corrected chi connectivity index (χ4v) is 1.27. The molecular formula is C10H7N3O3. The lowest BCUT2D eigenvalue weighted by Crippen LogP contribution is -2.02. The van der Waals surface area contributed by atoms with Gasteiger partial charge in [0.2, 0.25) is 5.56 Å². The van der Waals surface area contributed by atoms with Crippen LogP contribution in [0.25, 0.3) is 11.3 Å². The summed E-state index contributed by atoms with van der Waals surface area (Å²) in [5.41, 5.74) is 0.835. The van der Waals surface area contributed by atoms with Gasteiger partial charge in [-0.15, -0.1) is 0 Å². The molecule has 0 atom stereocenters. The second-order valence-corrected chi connectivity index (χ2v) is 3.10. The normalized spacial score (nSPS) is 10.0. The monoisotopic (exact) mass is 217 g/mol. The van der Waals surface area contributed by atoms with Crippen molar-refractivity contribution in [3.63, 3.8) is 0 Å². The van der Waals surface area contributed by atoms with Gasteiger partial charge in [-0.05, 0) is 12.1 Å². The van der Waals surface area contributed by atoms with Crippen LogP contribution < -0.4 is 5.56 Å². The summed E-state index contributed by atoms with van der Waals surface area (Å²) in [6.07, 6.45) is 2.66. The summed E-state index contributed by atoms with van der Waals surface area (Å²) in [4.78, 5) is 27.3. The summed E-state index contributed by atoms with van der Waals surface area (Å²) in [5, 5.41) is 10.4. The zero-order valence-electron chi connectivity index (χ0n) is 8.08. The molecule has 0 aromatic carbocycles. The molecule has 0 unspecified atom stereocenters. The minimum atomic E-state index is -0.519. The fourth-order valence-electron chi connectivity index (χ4n) is 1.27. The van der Waals surface area contributed by atoms with Crippen molar-refractivity contribution < 1.29 is 4.92 Å². The Hall–Kier alpha value is -2.50. The summed E-state index contributed by atoms with van der Waals surface area (Å²) in [7, 11) is 0. The van der Waals surface area contributed by atoms with Crippen LogP contribution in [0.2, 0.25) is 0 Å². The van der Waals surface area contributed by atoms with Crippen molar-refractivity contribution in [3.8, 4) is 11.3 Å². The van der Waals surface area contributed by atoms with Gasteiger partial charge in [0.25, 0.3) is 5.69 Å². The maximum Gasteiger partial charge on any atom is 0.287 e. The van der Waals surface area contributed by atoms with Crippen LogP contribution in [0.5, 0.6) is 0 Å². The molecule has 0 aliphatic rings. The summed E-state index contributed by atoms with van der Waals surface area (Å²) in [6, 6.07) is 5.92. The number of rotatable bonds is 2. The van der Waals surface area contributed by atoms with E-state index in [0.717, 1.165) is 6.20 Å². The van der Waals surface area contributed by atoms with Crippen molar-refractivity contribution in [2.45, 2.75) is 0 Å². The second kappa shape index (κ2) is 3.93. The average Bonchev–Trinajstić information content (AvgIpc) is 2.29. The van der Waals surface area contributed by atoms with Gasteiger partial charge in [-0.3, -0.25) is 14.9 Å². The van der Waals surface area contributed by atoms with E-state index in [1.165, 1.54) is 24.4 Å². The molecule has 0 spiro atoms. The maximum absolute atomic E-state index is 11.0. The molecule has 80 valence electrons. The molecule has 2 rings (SSSR count). The number of nitrogens with one attached hydrogen (secondary N) is 1. The van der Waals surface area contributed by atoms with E-state index in [0.29, 0.717) is 11.3 Å². The Morgan fingerprint density at radius 3 is 2.69 bits per heavy atom. The average molecular weight is 217 g/mol. The zero-order chi connectivity index (χ0) is 11.5. The number of pyridine rings is 2. The van der Waals surface area contributed by atoms with E-state index in [9.17, 15) is 14.9 Å². The lowest BCUT2D eigenvalue weighted by atomic mass is 10.2. The summed E-state index contributed by atoms with van der Waals surface area (Å²) < 4.78 is 0. The summed E-state index contributed by atoms with van der Waals surface area (Å²) in [6.45, 7) is 0. The SMILES string of the molecule is O=c1cc(-c2ccc([N+](=O)[O-])cn2)cc[nH]1. The predicted octanol–water partition coefficient (Wildman–Crippen LogP) is 1.35. The number of aromatic nitrogens is 2. The highest BCUT2D eigenvalue weighted by Crippen LogP contribution is 2.17. The van der Waals surface area contributed by atoms with Crippen molar-refractivity contribution in [2.75, 3.05) is 0 Å². The van der Waals surface area contributed by atoms with Gasteiger partial charge in [0, 0.05) is 23.9 Å². The van der Waals surface area contributed by atoms with Crippen LogP contribution in [0.3, 0.4) is 0 Å². The topological polar surface area (TPSA) is 88.9 Å².